The smallest absolute Gasteiger partial charge is 0.184 e. The molecule has 0 aliphatic heterocycles. The zero-order valence-electron chi connectivity index (χ0n) is 8.74. The number of aryl methyl sites for hydroxylation is 1. The summed E-state index contributed by atoms with van der Waals surface area (Å²) in [6, 6.07) is 1.99. The molecular weight excluding hydrogens is 216 g/mol. The fourth-order valence-corrected chi connectivity index (χ4v) is 1.32. The summed E-state index contributed by atoms with van der Waals surface area (Å²) >= 11 is 0. The molecule has 0 amide bonds. The van der Waals surface area contributed by atoms with Crippen molar-refractivity contribution in [2.45, 2.75) is 0 Å². The lowest BCUT2D eigenvalue weighted by Crippen LogP contribution is -1.95. The van der Waals surface area contributed by atoms with Gasteiger partial charge in [0.1, 0.15) is 12.1 Å². The average molecular weight is 225 g/mol. The van der Waals surface area contributed by atoms with Gasteiger partial charge in [0.15, 0.2) is 17.4 Å². The Hall–Kier alpha value is -1.98. The van der Waals surface area contributed by atoms with Crippen LogP contribution in [0.2, 0.25) is 0 Å². The molecule has 0 saturated carbocycles. The fraction of sp³-hybridized carbons (Fsp3) is 0.200. The number of hydrogen-bond donors (Lipinski definition) is 0. The van der Waals surface area contributed by atoms with E-state index in [1.165, 1.54) is 18.1 Å². The summed E-state index contributed by atoms with van der Waals surface area (Å²) < 4.78 is 33.0. The lowest BCUT2D eigenvalue weighted by atomic mass is 10.2. The molecule has 0 bridgehead atoms. The molecule has 1 aromatic heterocycles. The Morgan fingerprint density at radius 3 is 2.56 bits per heavy atom. The van der Waals surface area contributed by atoms with E-state index in [9.17, 15) is 8.78 Å². The zero-order valence-corrected chi connectivity index (χ0v) is 8.74. The largest absolute Gasteiger partial charge is 0.494 e. The number of hydrogen-bond acceptors (Lipinski definition) is 3. The Labute approximate surface area is 90.5 Å². The van der Waals surface area contributed by atoms with Gasteiger partial charge in [0.05, 0.1) is 12.7 Å². The van der Waals surface area contributed by atoms with Crippen molar-refractivity contribution in [3.8, 4) is 17.1 Å². The molecule has 0 radical (unpaired) electrons. The van der Waals surface area contributed by atoms with Crippen molar-refractivity contribution >= 4 is 0 Å². The van der Waals surface area contributed by atoms with Crippen LogP contribution in [-0.2, 0) is 7.05 Å². The van der Waals surface area contributed by atoms with Gasteiger partial charge < -0.3 is 4.74 Å². The summed E-state index contributed by atoms with van der Waals surface area (Å²) in [5.74, 6) is -1.27. The normalized spacial score (nSPS) is 10.5. The molecule has 0 N–H and O–H groups in total. The van der Waals surface area contributed by atoms with Crippen LogP contribution in [0.3, 0.4) is 0 Å². The Bertz CT molecular complexity index is 525. The summed E-state index contributed by atoms with van der Waals surface area (Å²) in [7, 11) is 2.92. The molecule has 6 heteroatoms. The highest BCUT2D eigenvalue weighted by molar-refractivity contribution is 5.57. The summed E-state index contributed by atoms with van der Waals surface area (Å²) in [6.45, 7) is 0. The predicted molar refractivity (Wildman–Crippen MR) is 52.9 cm³/mol. The SMILES string of the molecule is COc1cc(F)c(-c2ncn(C)n2)cc1F. The third-order valence-electron chi connectivity index (χ3n) is 2.08. The predicted octanol–water partition coefficient (Wildman–Crippen LogP) is 1.77. The molecule has 0 fully saturated rings. The van der Waals surface area contributed by atoms with Crippen molar-refractivity contribution in [3.63, 3.8) is 0 Å². The lowest BCUT2D eigenvalue weighted by Gasteiger charge is -2.04. The van der Waals surface area contributed by atoms with Crippen LogP contribution in [0.1, 0.15) is 0 Å². The van der Waals surface area contributed by atoms with Gasteiger partial charge in [0.25, 0.3) is 0 Å². The standard InChI is InChI=1S/C10H9F2N3O/c1-15-5-13-10(14-15)6-3-8(12)9(16-2)4-7(6)11/h3-5H,1-2H3. The minimum atomic E-state index is -0.647. The van der Waals surface area contributed by atoms with E-state index in [-0.39, 0.29) is 17.1 Å². The summed E-state index contributed by atoms with van der Waals surface area (Å²) in [6.07, 6.45) is 1.41. The highest BCUT2D eigenvalue weighted by atomic mass is 19.1. The number of halogens is 2. The van der Waals surface area contributed by atoms with E-state index < -0.39 is 11.6 Å². The quantitative estimate of drug-likeness (QED) is 0.782. The van der Waals surface area contributed by atoms with Crippen LogP contribution in [0, 0.1) is 11.6 Å². The van der Waals surface area contributed by atoms with Gasteiger partial charge in [0, 0.05) is 13.1 Å². The van der Waals surface area contributed by atoms with Gasteiger partial charge in [-0.2, -0.15) is 5.10 Å². The molecule has 0 spiro atoms. The number of rotatable bonds is 2. The van der Waals surface area contributed by atoms with Crippen molar-refractivity contribution in [2.24, 2.45) is 7.05 Å². The summed E-state index contributed by atoms with van der Waals surface area (Å²) in [5.41, 5.74) is 0.0129. The van der Waals surface area contributed by atoms with Crippen molar-refractivity contribution in [1.82, 2.24) is 14.8 Å². The minimum Gasteiger partial charge on any atom is -0.494 e. The second-order valence-electron chi connectivity index (χ2n) is 3.21. The molecular formula is C10H9F2N3O. The molecule has 0 aliphatic carbocycles. The molecule has 0 atom stereocenters. The lowest BCUT2D eigenvalue weighted by molar-refractivity contribution is 0.383. The number of benzene rings is 1. The number of ether oxygens (including phenoxy) is 1. The molecule has 0 saturated heterocycles. The Kier molecular flexibility index (Phi) is 2.55. The van der Waals surface area contributed by atoms with Crippen molar-refractivity contribution in [2.75, 3.05) is 7.11 Å². The summed E-state index contributed by atoms with van der Waals surface area (Å²) in [4.78, 5) is 3.85. The van der Waals surface area contributed by atoms with E-state index in [2.05, 4.69) is 14.8 Å². The third-order valence-corrected chi connectivity index (χ3v) is 2.08. The molecule has 84 valence electrons. The van der Waals surface area contributed by atoms with Crippen LogP contribution in [0.4, 0.5) is 8.78 Å². The fourth-order valence-electron chi connectivity index (χ4n) is 1.32. The maximum atomic E-state index is 13.6. The van der Waals surface area contributed by atoms with Gasteiger partial charge in [-0.3, -0.25) is 4.68 Å². The highest BCUT2D eigenvalue weighted by Gasteiger charge is 2.14. The van der Waals surface area contributed by atoms with E-state index in [0.29, 0.717) is 0 Å². The number of nitrogens with zero attached hydrogens (tertiary/aromatic N) is 3. The van der Waals surface area contributed by atoms with Gasteiger partial charge in [-0.25, -0.2) is 13.8 Å². The van der Waals surface area contributed by atoms with Crippen LogP contribution >= 0.6 is 0 Å². The first-order valence-electron chi connectivity index (χ1n) is 4.51. The Balaban J connectivity index is 2.54. The van der Waals surface area contributed by atoms with Crippen molar-refractivity contribution < 1.29 is 13.5 Å². The minimum absolute atomic E-state index is 0.0129. The third kappa shape index (κ3) is 1.73. The van der Waals surface area contributed by atoms with E-state index in [1.807, 2.05) is 0 Å². The van der Waals surface area contributed by atoms with E-state index in [1.54, 1.807) is 7.05 Å². The molecule has 4 nitrogen and oxygen atoms in total. The topological polar surface area (TPSA) is 39.9 Å². The van der Waals surface area contributed by atoms with Crippen LogP contribution in [-0.4, -0.2) is 21.9 Å². The molecule has 0 unspecified atom stereocenters. The Morgan fingerprint density at radius 1 is 1.25 bits per heavy atom. The molecule has 1 heterocycles. The van der Waals surface area contributed by atoms with Gasteiger partial charge in [-0.05, 0) is 6.07 Å². The van der Waals surface area contributed by atoms with Gasteiger partial charge in [0.2, 0.25) is 0 Å². The van der Waals surface area contributed by atoms with Crippen molar-refractivity contribution in [1.29, 1.82) is 0 Å². The van der Waals surface area contributed by atoms with Gasteiger partial charge in [-0.1, -0.05) is 0 Å². The number of aromatic nitrogens is 3. The van der Waals surface area contributed by atoms with E-state index >= 15 is 0 Å². The highest BCUT2D eigenvalue weighted by Crippen LogP contribution is 2.26. The first-order valence-corrected chi connectivity index (χ1v) is 4.51. The molecule has 2 aromatic rings. The van der Waals surface area contributed by atoms with Crippen LogP contribution in [0.15, 0.2) is 18.5 Å². The first-order chi connectivity index (χ1) is 7.61. The first kappa shape index (κ1) is 10.5. The molecule has 2 rings (SSSR count). The van der Waals surface area contributed by atoms with Crippen LogP contribution < -0.4 is 4.74 Å². The van der Waals surface area contributed by atoms with Crippen LogP contribution in [0.5, 0.6) is 5.75 Å². The zero-order chi connectivity index (χ0) is 11.7. The second-order valence-corrected chi connectivity index (χ2v) is 3.21. The maximum Gasteiger partial charge on any atom is 0.184 e. The summed E-state index contributed by atoms with van der Waals surface area (Å²) in [5, 5.41) is 3.90. The monoisotopic (exact) mass is 225 g/mol. The maximum absolute atomic E-state index is 13.6. The number of methoxy groups -OCH3 is 1. The van der Waals surface area contributed by atoms with Crippen LogP contribution in [0.25, 0.3) is 11.4 Å². The van der Waals surface area contributed by atoms with Crippen molar-refractivity contribution in [3.05, 3.63) is 30.1 Å². The van der Waals surface area contributed by atoms with E-state index in [0.717, 1.165) is 12.1 Å². The molecule has 0 aliphatic rings. The average Bonchev–Trinajstić information content (AvgIpc) is 2.67. The molecule has 16 heavy (non-hydrogen) atoms. The van der Waals surface area contributed by atoms with Gasteiger partial charge >= 0.3 is 0 Å². The van der Waals surface area contributed by atoms with E-state index in [4.69, 9.17) is 0 Å². The second kappa shape index (κ2) is 3.88. The molecule has 1 aromatic carbocycles. The van der Waals surface area contributed by atoms with Gasteiger partial charge in [-0.15, -0.1) is 0 Å². The Morgan fingerprint density at radius 2 is 2.00 bits per heavy atom.